The predicted octanol–water partition coefficient (Wildman–Crippen LogP) is 2.98. The lowest BCUT2D eigenvalue weighted by atomic mass is 10.1. The lowest BCUT2D eigenvalue weighted by Gasteiger charge is -2.28. The van der Waals surface area contributed by atoms with Gasteiger partial charge in [-0.15, -0.1) is 0 Å². The Labute approximate surface area is 164 Å². The molecule has 7 heteroatoms. The maximum Gasteiger partial charge on any atom is 0.260 e. The van der Waals surface area contributed by atoms with Gasteiger partial charge in [0.15, 0.2) is 16.4 Å². The Balaban J connectivity index is 1.66. The summed E-state index contributed by atoms with van der Waals surface area (Å²) in [7, 11) is -3.08. The molecule has 1 heterocycles. The van der Waals surface area contributed by atoms with Crippen molar-refractivity contribution in [3.63, 3.8) is 0 Å². The standard InChI is InChI=1S/C20H22ClNO4S/c21-17-6-8-19(9-7-17)26-14-20(23)22(18-11-13-27(24,25)15-18)12-10-16-4-2-1-3-5-16/h1-9,18H,10-15H2/t18-/m1/s1. The van der Waals surface area contributed by atoms with E-state index in [-0.39, 0.29) is 30.1 Å². The van der Waals surface area contributed by atoms with Gasteiger partial charge in [0, 0.05) is 17.6 Å². The van der Waals surface area contributed by atoms with E-state index in [1.807, 2.05) is 30.3 Å². The minimum atomic E-state index is -3.08. The molecule has 1 fully saturated rings. The van der Waals surface area contributed by atoms with Gasteiger partial charge in [-0.3, -0.25) is 4.79 Å². The summed E-state index contributed by atoms with van der Waals surface area (Å²) in [5.74, 6) is 0.497. The molecule has 144 valence electrons. The van der Waals surface area contributed by atoms with E-state index in [0.29, 0.717) is 30.2 Å². The first-order chi connectivity index (χ1) is 12.9. The summed E-state index contributed by atoms with van der Waals surface area (Å²) >= 11 is 5.85. The number of carbonyl (C=O) groups is 1. The molecule has 1 amide bonds. The van der Waals surface area contributed by atoms with Crippen LogP contribution in [0.15, 0.2) is 54.6 Å². The summed E-state index contributed by atoms with van der Waals surface area (Å²) in [4.78, 5) is 14.4. The number of carbonyl (C=O) groups excluding carboxylic acids is 1. The minimum Gasteiger partial charge on any atom is -0.484 e. The molecule has 0 spiro atoms. The highest BCUT2D eigenvalue weighted by molar-refractivity contribution is 7.91. The zero-order chi connectivity index (χ0) is 19.3. The maximum atomic E-state index is 12.8. The smallest absolute Gasteiger partial charge is 0.260 e. The Bertz CT molecular complexity index is 869. The molecule has 0 aromatic heterocycles. The summed E-state index contributed by atoms with van der Waals surface area (Å²) in [5, 5.41) is 0.592. The van der Waals surface area contributed by atoms with Crippen molar-refractivity contribution in [2.24, 2.45) is 0 Å². The Hall–Kier alpha value is -2.05. The molecule has 27 heavy (non-hydrogen) atoms. The van der Waals surface area contributed by atoms with E-state index in [2.05, 4.69) is 0 Å². The van der Waals surface area contributed by atoms with Crippen LogP contribution in [0.4, 0.5) is 0 Å². The van der Waals surface area contributed by atoms with Crippen molar-refractivity contribution in [1.82, 2.24) is 4.90 Å². The van der Waals surface area contributed by atoms with Gasteiger partial charge in [-0.25, -0.2) is 8.42 Å². The van der Waals surface area contributed by atoms with Crippen LogP contribution in [0.5, 0.6) is 5.75 Å². The number of hydrogen-bond acceptors (Lipinski definition) is 4. The maximum absolute atomic E-state index is 12.8. The second-order valence-corrected chi connectivity index (χ2v) is 9.29. The van der Waals surface area contributed by atoms with E-state index in [0.717, 1.165) is 5.56 Å². The van der Waals surface area contributed by atoms with Crippen LogP contribution in [0.1, 0.15) is 12.0 Å². The third kappa shape index (κ3) is 5.71. The Kier molecular flexibility index (Phi) is 6.39. The average Bonchev–Trinajstić information content (AvgIpc) is 3.02. The number of hydrogen-bond donors (Lipinski definition) is 0. The molecule has 0 unspecified atom stereocenters. The van der Waals surface area contributed by atoms with Crippen molar-refractivity contribution >= 4 is 27.3 Å². The fourth-order valence-corrected chi connectivity index (χ4v) is 5.04. The first kappa shape index (κ1) is 19.7. The molecule has 2 aromatic rings. The number of rotatable bonds is 7. The Morgan fingerprint density at radius 2 is 1.81 bits per heavy atom. The Morgan fingerprint density at radius 1 is 1.11 bits per heavy atom. The lowest BCUT2D eigenvalue weighted by Crippen LogP contribution is -2.44. The normalized spacial score (nSPS) is 18.2. The van der Waals surface area contributed by atoms with Gasteiger partial charge in [0.1, 0.15) is 5.75 Å². The minimum absolute atomic E-state index is 0.0223. The molecule has 0 saturated carbocycles. The lowest BCUT2D eigenvalue weighted by molar-refractivity contribution is -0.135. The number of sulfone groups is 1. The van der Waals surface area contributed by atoms with Crippen LogP contribution in [0.3, 0.4) is 0 Å². The summed E-state index contributed by atoms with van der Waals surface area (Å²) in [6.07, 6.45) is 1.15. The molecule has 1 atom stereocenters. The molecule has 1 aliphatic rings. The second-order valence-electron chi connectivity index (χ2n) is 6.62. The van der Waals surface area contributed by atoms with Crippen LogP contribution in [0.2, 0.25) is 5.02 Å². The van der Waals surface area contributed by atoms with Gasteiger partial charge >= 0.3 is 0 Å². The highest BCUT2D eigenvalue weighted by atomic mass is 35.5. The quantitative estimate of drug-likeness (QED) is 0.707. The summed E-state index contributed by atoms with van der Waals surface area (Å²) < 4.78 is 29.3. The van der Waals surface area contributed by atoms with Crippen LogP contribution in [-0.2, 0) is 21.1 Å². The average molecular weight is 408 g/mol. The van der Waals surface area contributed by atoms with E-state index in [1.165, 1.54) is 0 Å². The van der Waals surface area contributed by atoms with Crippen LogP contribution < -0.4 is 4.74 Å². The SMILES string of the molecule is O=C(COc1ccc(Cl)cc1)N(CCc1ccccc1)[C@@H]1CCS(=O)(=O)C1. The van der Waals surface area contributed by atoms with Crippen LogP contribution in [0, 0.1) is 0 Å². The number of nitrogens with zero attached hydrogens (tertiary/aromatic N) is 1. The van der Waals surface area contributed by atoms with Gasteiger partial charge < -0.3 is 9.64 Å². The number of amides is 1. The zero-order valence-corrected chi connectivity index (χ0v) is 16.5. The van der Waals surface area contributed by atoms with E-state index in [1.54, 1.807) is 29.2 Å². The van der Waals surface area contributed by atoms with Crippen LogP contribution in [0.25, 0.3) is 0 Å². The van der Waals surface area contributed by atoms with E-state index in [4.69, 9.17) is 16.3 Å². The molecular weight excluding hydrogens is 386 g/mol. The fraction of sp³-hybridized carbons (Fsp3) is 0.350. The third-order valence-electron chi connectivity index (χ3n) is 4.63. The monoisotopic (exact) mass is 407 g/mol. The van der Waals surface area contributed by atoms with Crippen LogP contribution >= 0.6 is 11.6 Å². The van der Waals surface area contributed by atoms with Gasteiger partial charge in [0.05, 0.1) is 11.5 Å². The number of halogens is 1. The van der Waals surface area contributed by atoms with E-state index < -0.39 is 9.84 Å². The zero-order valence-electron chi connectivity index (χ0n) is 14.9. The third-order valence-corrected chi connectivity index (χ3v) is 6.63. The molecule has 2 aromatic carbocycles. The number of benzene rings is 2. The van der Waals surface area contributed by atoms with Crippen molar-refractivity contribution in [2.45, 2.75) is 18.9 Å². The fourth-order valence-electron chi connectivity index (χ4n) is 3.19. The highest BCUT2D eigenvalue weighted by Gasteiger charge is 2.34. The van der Waals surface area contributed by atoms with Gasteiger partial charge in [-0.2, -0.15) is 0 Å². The molecule has 0 aliphatic carbocycles. The summed E-state index contributed by atoms with van der Waals surface area (Å²) in [6.45, 7) is 0.333. The van der Waals surface area contributed by atoms with Gasteiger partial charge in [0.2, 0.25) is 0 Å². The second kappa shape index (κ2) is 8.76. The van der Waals surface area contributed by atoms with Gasteiger partial charge in [-0.05, 0) is 42.7 Å². The molecule has 0 N–H and O–H groups in total. The van der Waals surface area contributed by atoms with Crippen molar-refractivity contribution in [3.05, 3.63) is 65.2 Å². The first-order valence-electron chi connectivity index (χ1n) is 8.85. The molecule has 3 rings (SSSR count). The summed E-state index contributed by atoms with van der Waals surface area (Å²) in [6, 6.07) is 16.3. The molecule has 5 nitrogen and oxygen atoms in total. The van der Waals surface area contributed by atoms with Crippen molar-refractivity contribution < 1.29 is 17.9 Å². The van der Waals surface area contributed by atoms with Gasteiger partial charge in [-0.1, -0.05) is 41.9 Å². The van der Waals surface area contributed by atoms with Crippen molar-refractivity contribution in [2.75, 3.05) is 24.7 Å². The first-order valence-corrected chi connectivity index (χ1v) is 11.0. The predicted molar refractivity (Wildman–Crippen MR) is 106 cm³/mol. The molecule has 0 radical (unpaired) electrons. The van der Waals surface area contributed by atoms with Crippen LogP contribution in [-0.4, -0.2) is 49.9 Å². The molecule has 1 saturated heterocycles. The largest absolute Gasteiger partial charge is 0.484 e. The van der Waals surface area contributed by atoms with Gasteiger partial charge in [0.25, 0.3) is 5.91 Å². The van der Waals surface area contributed by atoms with E-state index in [9.17, 15) is 13.2 Å². The molecule has 1 aliphatic heterocycles. The Morgan fingerprint density at radius 3 is 2.44 bits per heavy atom. The molecular formula is C20H22ClNO4S. The van der Waals surface area contributed by atoms with E-state index >= 15 is 0 Å². The summed E-state index contributed by atoms with van der Waals surface area (Å²) in [5.41, 5.74) is 1.11. The topological polar surface area (TPSA) is 63.7 Å². The molecule has 0 bridgehead atoms. The highest BCUT2D eigenvalue weighted by Crippen LogP contribution is 2.20. The van der Waals surface area contributed by atoms with Crippen molar-refractivity contribution in [1.29, 1.82) is 0 Å². The number of ether oxygens (including phenoxy) is 1. The van der Waals surface area contributed by atoms with Crippen molar-refractivity contribution in [3.8, 4) is 5.75 Å².